The third-order valence-corrected chi connectivity index (χ3v) is 17.1. The smallest absolute Gasteiger partial charge is 0.364 e. The summed E-state index contributed by atoms with van der Waals surface area (Å²) in [4.78, 5) is 101. The first-order valence-corrected chi connectivity index (χ1v) is 31.4. The first-order valence-electron chi connectivity index (χ1n) is 29.1. The van der Waals surface area contributed by atoms with Crippen molar-refractivity contribution in [1.29, 1.82) is 0 Å². The number of carboxylic acids is 2. The van der Waals surface area contributed by atoms with Crippen molar-refractivity contribution in [3.63, 3.8) is 0 Å². The predicted octanol–water partition coefficient (Wildman–Crippen LogP) is 0.895. The van der Waals surface area contributed by atoms with Gasteiger partial charge in [-0.25, -0.2) is 9.59 Å². The van der Waals surface area contributed by atoms with E-state index < -0.39 is 145 Å². The summed E-state index contributed by atoms with van der Waals surface area (Å²) in [6.45, 7) is 1.36. The van der Waals surface area contributed by atoms with Gasteiger partial charge in [-0.05, 0) is 70.9 Å². The number of hydrogen-bond donors (Lipinski definition) is 14. The monoisotopic (exact) mass is 1290 g/mol. The number of benzene rings is 4. The molecule has 2 heterocycles. The number of carboxylic acid groups (broad SMARTS) is 2. The van der Waals surface area contributed by atoms with Crippen LogP contribution in [0.2, 0.25) is 0 Å². The molecule has 0 saturated carbocycles. The Morgan fingerprint density at radius 1 is 0.533 bits per heavy atom. The van der Waals surface area contributed by atoms with Crippen molar-refractivity contribution in [1.82, 2.24) is 21.3 Å². The highest BCUT2D eigenvalue weighted by Gasteiger charge is 2.57. The third-order valence-electron chi connectivity index (χ3n) is 15.0. The molecule has 14 N–H and O–H groups in total. The fourth-order valence-corrected chi connectivity index (χ4v) is 11.8. The van der Waals surface area contributed by atoms with Gasteiger partial charge in [-0.1, -0.05) is 84.9 Å². The number of aliphatic hydroxyl groups excluding tert-OH is 6. The highest BCUT2D eigenvalue weighted by Crippen LogP contribution is 2.36. The van der Waals surface area contributed by atoms with Crippen LogP contribution in [-0.2, 0) is 38.1 Å². The largest absolute Gasteiger partial charge is 0.477 e. The number of carbonyl (C=O) groups excluding carboxylic acids is 4. The van der Waals surface area contributed by atoms with Crippen LogP contribution in [0.25, 0.3) is 22.3 Å². The second kappa shape index (κ2) is 33.1. The molecular weight excluding hydrogens is 1210 g/mol. The molecular formula is C62H76N6O20S2. The lowest BCUT2D eigenvalue weighted by Crippen LogP contribution is -2.68. The Bertz CT molecular complexity index is 3060. The quantitative estimate of drug-likeness (QED) is 0.0201. The van der Waals surface area contributed by atoms with E-state index in [0.717, 1.165) is 36.1 Å². The van der Waals surface area contributed by atoms with Crippen molar-refractivity contribution in [2.75, 3.05) is 73.0 Å². The lowest BCUT2D eigenvalue weighted by molar-refractivity contribution is -0.310. The van der Waals surface area contributed by atoms with E-state index in [1.165, 1.54) is 23.5 Å². The molecule has 12 atom stereocenters. The highest BCUT2D eigenvalue weighted by molar-refractivity contribution is 7.99. The van der Waals surface area contributed by atoms with Crippen LogP contribution in [-0.4, -0.2) is 211 Å². The lowest BCUT2D eigenvalue weighted by Gasteiger charge is -2.46. The molecule has 0 radical (unpaired) electrons. The van der Waals surface area contributed by atoms with Gasteiger partial charge in [0.15, 0.2) is 0 Å². The second-order valence-corrected chi connectivity index (χ2v) is 24.0. The number of carbonyl (C=O) groups is 6. The summed E-state index contributed by atoms with van der Waals surface area (Å²) >= 11 is 2.81. The van der Waals surface area contributed by atoms with Gasteiger partial charge >= 0.3 is 11.9 Å². The molecule has 486 valence electrons. The first-order chi connectivity index (χ1) is 43.0. The summed E-state index contributed by atoms with van der Waals surface area (Å²) in [5.41, 5.74) is 2.94. The van der Waals surface area contributed by atoms with Crippen molar-refractivity contribution in [3.8, 4) is 22.3 Å². The van der Waals surface area contributed by atoms with Gasteiger partial charge in [0.2, 0.25) is 11.8 Å². The van der Waals surface area contributed by atoms with E-state index in [4.69, 9.17) is 18.9 Å². The number of thioether (sulfide) groups is 2. The molecule has 7 rings (SSSR count). The van der Waals surface area contributed by atoms with Crippen molar-refractivity contribution in [3.05, 3.63) is 141 Å². The van der Waals surface area contributed by atoms with E-state index in [-0.39, 0.29) is 61.6 Å². The normalized spacial score (nSPS) is 22.9. The Labute approximate surface area is 526 Å². The van der Waals surface area contributed by atoms with Gasteiger partial charge in [0.25, 0.3) is 34.2 Å². The van der Waals surface area contributed by atoms with Gasteiger partial charge in [0.05, 0.1) is 49.7 Å². The molecule has 2 aliphatic rings. The topological polar surface area (TPSA) is 408 Å². The standard InChI is InChI=1S/C62H76N6O20S2/c1-35(69)67-47-43(71)31-61(59(81)82,87-55(47)51(75)45(73)33-65-57(79)41-19-15-39(16-20-41)37-11-5-3-6-12-37)85-25-9-27-89-29-23-63-49-50(54(78)53(49)77)64-24-30-90-28-10-26-86-62(60(83)84)32-44(72)48(68-36(2)70)56(88-62)52(76)46(74)34-66-58(80)42-21-17-40(18-22-42)38-13-7-4-8-14-38/h3-8,11-22,43-48,51-52,55-56,63-64,71-76H,9-10,23-34H2,1-2H3,(H,65,79)(H,66,80)(H,67,69)(H,68,70)(H,81,82)(H,83,84)/t43-,44-,45+,46+,47+,48+,51+,52+,55+,56+,61+,62+/m0/s1. The van der Waals surface area contributed by atoms with Gasteiger partial charge < -0.3 is 91.7 Å². The van der Waals surface area contributed by atoms with Crippen molar-refractivity contribution >= 4 is 70.5 Å². The number of anilines is 2. The molecule has 2 fully saturated rings. The molecule has 2 aliphatic heterocycles. The van der Waals surface area contributed by atoms with Crippen LogP contribution in [0, 0.1) is 0 Å². The summed E-state index contributed by atoms with van der Waals surface area (Å²) in [6.07, 6.45) is -14.9. The molecule has 5 aromatic rings. The van der Waals surface area contributed by atoms with Crippen LogP contribution < -0.4 is 42.8 Å². The molecule has 0 unspecified atom stereocenters. The van der Waals surface area contributed by atoms with Crippen LogP contribution in [0.5, 0.6) is 0 Å². The summed E-state index contributed by atoms with van der Waals surface area (Å²) in [5, 5.41) is 104. The van der Waals surface area contributed by atoms with Crippen LogP contribution in [0.15, 0.2) is 119 Å². The van der Waals surface area contributed by atoms with Crippen molar-refractivity contribution in [2.24, 2.45) is 0 Å². The van der Waals surface area contributed by atoms with Gasteiger partial charge in [-0.2, -0.15) is 23.5 Å². The predicted molar refractivity (Wildman–Crippen MR) is 334 cm³/mol. The average Bonchev–Trinajstić information content (AvgIpc) is 0.868. The number of aliphatic hydroxyl groups is 6. The Balaban J connectivity index is 0.801. The summed E-state index contributed by atoms with van der Waals surface area (Å²) in [7, 11) is 0. The maximum absolute atomic E-state index is 13.0. The highest BCUT2D eigenvalue weighted by atomic mass is 32.2. The minimum atomic E-state index is -2.51. The van der Waals surface area contributed by atoms with Crippen molar-refractivity contribution in [2.45, 2.75) is 112 Å². The SMILES string of the molecule is CC(=O)N[C@H]1[C@H]([C@H](O)[C@H](O)CNC(=O)c2ccc(-c3ccccc3)cc2)O[C@@](OCCCSCCNc2c(NCCSCCCO[C@]3(C(=O)O)C[C@H](O)[C@@H](NC(C)=O)[C@H]([C@H](O)[C@H](O)CNC(=O)c4ccc(-c5ccccc5)cc4)O3)c(=O)c2=O)(C(=O)O)C[C@@H]1O. The molecule has 0 aromatic heterocycles. The number of rotatable bonds is 34. The molecule has 5 aromatic carbocycles. The van der Waals surface area contributed by atoms with E-state index in [0.29, 0.717) is 23.0 Å². The number of ether oxygens (including phenoxy) is 4. The number of aliphatic carboxylic acids is 2. The second-order valence-electron chi connectivity index (χ2n) is 21.6. The van der Waals surface area contributed by atoms with Crippen LogP contribution >= 0.6 is 23.5 Å². The van der Waals surface area contributed by atoms with Crippen LogP contribution in [0.4, 0.5) is 11.4 Å². The molecule has 0 bridgehead atoms. The summed E-state index contributed by atoms with van der Waals surface area (Å²) < 4.78 is 23.2. The molecule has 90 heavy (non-hydrogen) atoms. The summed E-state index contributed by atoms with van der Waals surface area (Å²) in [6, 6.07) is 29.5. The maximum atomic E-state index is 13.0. The Kier molecular flexibility index (Phi) is 25.8. The molecule has 2 saturated heterocycles. The Hall–Kier alpha value is -7.32. The van der Waals surface area contributed by atoms with E-state index in [9.17, 15) is 79.2 Å². The minimum Gasteiger partial charge on any atom is -0.477 e. The van der Waals surface area contributed by atoms with E-state index >= 15 is 0 Å². The van der Waals surface area contributed by atoms with Gasteiger partial charge in [-0.3, -0.25) is 28.8 Å². The Morgan fingerprint density at radius 3 is 1.21 bits per heavy atom. The van der Waals surface area contributed by atoms with E-state index in [2.05, 4.69) is 31.9 Å². The average molecular weight is 1290 g/mol. The fraction of sp³-hybridized carbons (Fsp3) is 0.452. The zero-order valence-corrected chi connectivity index (χ0v) is 51.0. The van der Waals surface area contributed by atoms with Gasteiger partial charge in [0.1, 0.15) is 35.8 Å². The number of nitrogens with one attached hydrogen (secondary N) is 6. The van der Waals surface area contributed by atoms with Crippen LogP contribution in [0.1, 0.15) is 60.2 Å². The van der Waals surface area contributed by atoms with Gasteiger partial charge in [0, 0.05) is 75.5 Å². The van der Waals surface area contributed by atoms with Gasteiger partial charge in [-0.15, -0.1) is 0 Å². The molecule has 28 heteroatoms. The zero-order valence-electron chi connectivity index (χ0n) is 49.4. The van der Waals surface area contributed by atoms with E-state index in [1.807, 2.05) is 60.7 Å². The minimum absolute atomic E-state index is 0.106. The molecule has 4 amide bonds. The number of amides is 4. The first kappa shape index (κ1) is 70.1. The molecule has 0 spiro atoms. The lowest BCUT2D eigenvalue weighted by atomic mass is 9.88. The molecule has 26 nitrogen and oxygen atoms in total. The Morgan fingerprint density at radius 2 is 0.878 bits per heavy atom. The summed E-state index contributed by atoms with van der Waals surface area (Å²) in [5.74, 6) is -9.02. The van der Waals surface area contributed by atoms with Crippen molar-refractivity contribution < 1.29 is 88.6 Å². The van der Waals surface area contributed by atoms with E-state index in [1.54, 1.807) is 48.5 Å². The maximum Gasteiger partial charge on any atom is 0.364 e. The fourth-order valence-electron chi connectivity index (χ4n) is 10.3. The zero-order chi connectivity index (χ0) is 65.1. The molecule has 0 aliphatic carbocycles. The third kappa shape index (κ3) is 18.4. The number of hydrogen-bond acceptors (Lipinski definition) is 22. The van der Waals surface area contributed by atoms with Crippen LogP contribution in [0.3, 0.4) is 0 Å².